The molecular weight excluding hydrogens is 382 g/mol. The van der Waals surface area contributed by atoms with E-state index in [0.717, 1.165) is 30.5 Å². The molecule has 0 aliphatic carbocycles. The molecule has 0 amide bonds. The molecule has 0 aliphatic heterocycles. The number of aryl methyl sites for hydroxylation is 3. The minimum atomic E-state index is -0.362. The van der Waals surface area contributed by atoms with Crippen LogP contribution >= 0.6 is 22.7 Å². The molecule has 27 heavy (non-hydrogen) atoms. The zero-order valence-corrected chi connectivity index (χ0v) is 16.5. The summed E-state index contributed by atoms with van der Waals surface area (Å²) >= 11 is 3.02. The summed E-state index contributed by atoms with van der Waals surface area (Å²) < 4.78 is 7.85. The number of hydrogen-bond acceptors (Lipinski definition) is 7. The Kier molecular flexibility index (Phi) is 4.75. The van der Waals surface area contributed by atoms with Crippen LogP contribution in [0.3, 0.4) is 0 Å². The second-order valence-electron chi connectivity index (χ2n) is 6.19. The molecule has 1 aromatic carbocycles. The van der Waals surface area contributed by atoms with Crippen LogP contribution in [0.2, 0.25) is 0 Å². The molecular formula is C19H17N3O3S2. The fourth-order valence-electron chi connectivity index (χ4n) is 2.84. The minimum Gasteiger partial charge on any atom is -0.458 e. The third kappa shape index (κ3) is 3.50. The van der Waals surface area contributed by atoms with Gasteiger partial charge in [-0.05, 0) is 31.5 Å². The lowest BCUT2D eigenvalue weighted by Gasteiger charge is -2.06. The van der Waals surface area contributed by atoms with Crippen molar-refractivity contribution >= 4 is 49.1 Å². The number of hydrogen-bond donors (Lipinski definition) is 0. The first-order chi connectivity index (χ1) is 13.0. The van der Waals surface area contributed by atoms with Crippen LogP contribution in [0, 0.1) is 13.8 Å². The van der Waals surface area contributed by atoms with E-state index < -0.39 is 0 Å². The largest absolute Gasteiger partial charge is 0.458 e. The summed E-state index contributed by atoms with van der Waals surface area (Å²) in [4.78, 5) is 35.3. The molecule has 0 atom stereocenters. The number of ether oxygens (including phenoxy) is 1. The Morgan fingerprint density at radius 2 is 2.04 bits per heavy atom. The summed E-state index contributed by atoms with van der Waals surface area (Å²) in [6.45, 7) is 4.29. The molecule has 0 saturated heterocycles. The van der Waals surface area contributed by atoms with Crippen molar-refractivity contribution in [3.05, 3.63) is 56.4 Å². The fraction of sp³-hybridized carbons (Fsp3) is 0.263. The topological polar surface area (TPSA) is 74.1 Å². The van der Waals surface area contributed by atoms with Gasteiger partial charge in [0.2, 0.25) is 0 Å². The van der Waals surface area contributed by atoms with Gasteiger partial charge in [0.1, 0.15) is 16.4 Å². The minimum absolute atomic E-state index is 0.110. The third-order valence-corrected chi connectivity index (χ3v) is 6.53. The first-order valence-electron chi connectivity index (χ1n) is 8.48. The van der Waals surface area contributed by atoms with Crippen LogP contribution in [-0.4, -0.2) is 20.5 Å². The maximum absolute atomic E-state index is 12.6. The van der Waals surface area contributed by atoms with Gasteiger partial charge >= 0.3 is 5.97 Å². The van der Waals surface area contributed by atoms with Crippen LogP contribution in [0.1, 0.15) is 21.9 Å². The van der Waals surface area contributed by atoms with Crippen molar-refractivity contribution in [3.8, 4) is 0 Å². The van der Waals surface area contributed by atoms with Gasteiger partial charge in [-0.25, -0.2) is 9.97 Å². The van der Waals surface area contributed by atoms with E-state index in [4.69, 9.17) is 4.74 Å². The average Bonchev–Trinajstić information content (AvgIpc) is 3.20. The van der Waals surface area contributed by atoms with Gasteiger partial charge in [0.25, 0.3) is 5.56 Å². The van der Waals surface area contributed by atoms with Gasteiger partial charge < -0.3 is 4.74 Å². The highest BCUT2D eigenvalue weighted by molar-refractivity contribution is 7.19. The number of esters is 1. The molecule has 6 nitrogen and oxygen atoms in total. The first kappa shape index (κ1) is 17.8. The van der Waals surface area contributed by atoms with E-state index in [2.05, 4.69) is 9.97 Å². The van der Waals surface area contributed by atoms with Crippen molar-refractivity contribution in [2.75, 3.05) is 0 Å². The summed E-state index contributed by atoms with van der Waals surface area (Å²) in [7, 11) is 0. The fourth-order valence-corrected chi connectivity index (χ4v) is 4.71. The van der Waals surface area contributed by atoms with Crippen LogP contribution in [0.4, 0.5) is 0 Å². The number of aromatic nitrogens is 3. The molecule has 3 heterocycles. The molecule has 4 rings (SSSR count). The van der Waals surface area contributed by atoms with Crippen LogP contribution in [0.25, 0.3) is 20.4 Å². The van der Waals surface area contributed by atoms with E-state index in [1.807, 2.05) is 38.1 Å². The lowest BCUT2D eigenvalue weighted by Crippen LogP contribution is -2.22. The number of rotatable bonds is 5. The number of carbonyl (C=O) groups is 1. The van der Waals surface area contributed by atoms with Crippen molar-refractivity contribution in [1.29, 1.82) is 0 Å². The Bertz CT molecular complexity index is 1170. The van der Waals surface area contributed by atoms with Crippen LogP contribution in [0.15, 0.2) is 35.4 Å². The number of para-hydroxylation sites is 1. The number of carbonyl (C=O) groups excluding carboxylic acids is 1. The van der Waals surface area contributed by atoms with Crippen LogP contribution in [0.5, 0.6) is 0 Å². The summed E-state index contributed by atoms with van der Waals surface area (Å²) in [5, 5.41) is 1.40. The Morgan fingerprint density at radius 3 is 2.85 bits per heavy atom. The van der Waals surface area contributed by atoms with Crippen molar-refractivity contribution in [1.82, 2.24) is 14.5 Å². The van der Waals surface area contributed by atoms with Gasteiger partial charge in [-0.1, -0.05) is 12.1 Å². The van der Waals surface area contributed by atoms with Crippen molar-refractivity contribution < 1.29 is 9.53 Å². The summed E-state index contributed by atoms with van der Waals surface area (Å²) in [5.74, 6) is -0.362. The second-order valence-corrected chi connectivity index (χ2v) is 8.51. The standard InChI is InChI=1S/C19H17N3O3S2/c1-11-12(2)26-18-17(11)19(24)22(10-20-18)8-7-16(23)25-9-15-21-13-5-3-4-6-14(13)27-15/h3-6,10H,7-9H2,1-2H3. The monoisotopic (exact) mass is 399 g/mol. The van der Waals surface area contributed by atoms with Crippen molar-refractivity contribution in [3.63, 3.8) is 0 Å². The highest BCUT2D eigenvalue weighted by atomic mass is 32.1. The molecule has 0 spiro atoms. The van der Waals surface area contributed by atoms with E-state index in [1.54, 1.807) is 0 Å². The Labute approximate surface area is 163 Å². The number of thiazole rings is 1. The summed E-state index contributed by atoms with van der Waals surface area (Å²) in [6, 6.07) is 7.80. The summed E-state index contributed by atoms with van der Waals surface area (Å²) in [6.07, 6.45) is 1.61. The third-order valence-electron chi connectivity index (χ3n) is 4.41. The molecule has 0 N–H and O–H groups in total. The van der Waals surface area contributed by atoms with Crippen molar-refractivity contribution in [2.45, 2.75) is 33.4 Å². The van der Waals surface area contributed by atoms with Gasteiger partial charge in [0.15, 0.2) is 0 Å². The number of benzene rings is 1. The molecule has 0 bridgehead atoms. The van der Waals surface area contributed by atoms with Gasteiger partial charge in [0.05, 0.1) is 28.4 Å². The molecule has 0 radical (unpaired) electrons. The Balaban J connectivity index is 1.40. The molecule has 0 saturated carbocycles. The Hall–Kier alpha value is -2.58. The van der Waals surface area contributed by atoms with Crippen molar-refractivity contribution in [2.24, 2.45) is 0 Å². The predicted molar refractivity (Wildman–Crippen MR) is 107 cm³/mol. The number of thiophene rings is 1. The first-order valence-corrected chi connectivity index (χ1v) is 10.1. The van der Waals surface area contributed by atoms with Gasteiger partial charge in [-0.15, -0.1) is 22.7 Å². The SMILES string of the molecule is Cc1sc2ncn(CCC(=O)OCc3nc4ccccc4s3)c(=O)c2c1C. The molecule has 0 unspecified atom stereocenters. The highest BCUT2D eigenvalue weighted by Gasteiger charge is 2.13. The van der Waals surface area contributed by atoms with E-state index in [0.29, 0.717) is 5.39 Å². The lowest BCUT2D eigenvalue weighted by atomic mass is 10.2. The van der Waals surface area contributed by atoms with E-state index >= 15 is 0 Å². The molecule has 0 aliphatic rings. The molecule has 4 aromatic rings. The normalized spacial score (nSPS) is 11.3. The van der Waals surface area contributed by atoms with Gasteiger partial charge in [-0.2, -0.15) is 0 Å². The predicted octanol–water partition coefficient (Wildman–Crippen LogP) is 3.82. The zero-order chi connectivity index (χ0) is 19.0. The highest BCUT2D eigenvalue weighted by Crippen LogP contribution is 2.25. The van der Waals surface area contributed by atoms with Crippen LogP contribution in [-0.2, 0) is 22.7 Å². The van der Waals surface area contributed by atoms with Crippen LogP contribution < -0.4 is 5.56 Å². The lowest BCUT2D eigenvalue weighted by molar-refractivity contribution is -0.145. The quantitative estimate of drug-likeness (QED) is 0.477. The maximum atomic E-state index is 12.6. The molecule has 138 valence electrons. The average molecular weight is 399 g/mol. The van der Waals surface area contributed by atoms with E-state index in [1.165, 1.54) is 33.6 Å². The summed E-state index contributed by atoms with van der Waals surface area (Å²) in [5.41, 5.74) is 1.75. The molecule has 8 heteroatoms. The van der Waals surface area contributed by atoms with Gasteiger partial charge in [0, 0.05) is 11.4 Å². The van der Waals surface area contributed by atoms with Gasteiger partial charge in [-0.3, -0.25) is 14.2 Å². The second kappa shape index (κ2) is 7.21. The maximum Gasteiger partial charge on any atom is 0.308 e. The number of nitrogens with zero attached hydrogens (tertiary/aromatic N) is 3. The van der Waals surface area contributed by atoms with E-state index in [-0.39, 0.29) is 31.1 Å². The Morgan fingerprint density at radius 1 is 1.22 bits per heavy atom. The van der Waals surface area contributed by atoms with E-state index in [9.17, 15) is 9.59 Å². The smallest absolute Gasteiger partial charge is 0.308 e. The zero-order valence-electron chi connectivity index (χ0n) is 14.9. The number of fused-ring (bicyclic) bond motifs is 2. The molecule has 3 aromatic heterocycles. The molecule has 0 fully saturated rings.